The predicted molar refractivity (Wildman–Crippen MR) is 73.9 cm³/mol. The van der Waals surface area contributed by atoms with Crippen molar-refractivity contribution in [1.29, 1.82) is 0 Å². The topological polar surface area (TPSA) is 101 Å². The average molecular weight is 341 g/mol. The number of benzene rings is 1. The van der Waals surface area contributed by atoms with E-state index in [4.69, 9.17) is 9.84 Å². The van der Waals surface area contributed by atoms with Crippen molar-refractivity contribution in [3.05, 3.63) is 55.3 Å². The molecule has 0 amide bonds. The van der Waals surface area contributed by atoms with Gasteiger partial charge in [0.1, 0.15) is 11.3 Å². The summed E-state index contributed by atoms with van der Waals surface area (Å²) < 4.78 is 6.81. The van der Waals surface area contributed by atoms with Crippen LogP contribution in [0.3, 0.4) is 0 Å². The Balaban J connectivity index is 2.69. The number of carboxylic acids is 1. The first-order valence-corrected chi connectivity index (χ1v) is 6.16. The van der Waals surface area contributed by atoms with Gasteiger partial charge in [0, 0.05) is 12.3 Å². The van der Waals surface area contributed by atoms with Crippen molar-refractivity contribution in [3.8, 4) is 11.4 Å². The number of aromatic nitrogens is 2. The number of ether oxygens (including phenoxy) is 1. The van der Waals surface area contributed by atoms with E-state index in [9.17, 15) is 14.4 Å². The third-order valence-electron chi connectivity index (χ3n) is 2.59. The van der Waals surface area contributed by atoms with Crippen LogP contribution < -0.4 is 16.0 Å². The van der Waals surface area contributed by atoms with Crippen molar-refractivity contribution < 1.29 is 14.6 Å². The first-order valence-electron chi connectivity index (χ1n) is 5.37. The smallest absolute Gasteiger partial charge is 0.342 e. The Hall–Kier alpha value is -2.35. The summed E-state index contributed by atoms with van der Waals surface area (Å²) in [5, 5.41) is 8.91. The largest absolute Gasteiger partial charge is 0.495 e. The lowest BCUT2D eigenvalue weighted by Gasteiger charge is -2.09. The first kappa shape index (κ1) is 14.1. The molecule has 0 fully saturated rings. The summed E-state index contributed by atoms with van der Waals surface area (Å²) in [7, 11) is 1.46. The maximum atomic E-state index is 11.8. The lowest BCUT2D eigenvalue weighted by atomic mass is 10.3. The number of halogens is 1. The molecule has 0 aliphatic carbocycles. The Morgan fingerprint density at radius 1 is 1.40 bits per heavy atom. The Bertz CT molecular complexity index is 793. The highest BCUT2D eigenvalue weighted by atomic mass is 79.9. The van der Waals surface area contributed by atoms with E-state index in [0.717, 1.165) is 10.8 Å². The molecular formula is C12H9BrN2O5. The third kappa shape index (κ3) is 2.50. The maximum Gasteiger partial charge on any atom is 0.342 e. The fourth-order valence-electron chi connectivity index (χ4n) is 1.61. The van der Waals surface area contributed by atoms with E-state index < -0.39 is 22.8 Å². The molecule has 2 N–H and O–H groups in total. The monoisotopic (exact) mass is 340 g/mol. The van der Waals surface area contributed by atoms with Crippen LogP contribution in [0.1, 0.15) is 10.4 Å². The Morgan fingerprint density at radius 3 is 2.70 bits per heavy atom. The van der Waals surface area contributed by atoms with E-state index >= 15 is 0 Å². The number of hydrogen-bond acceptors (Lipinski definition) is 4. The predicted octanol–water partition coefficient (Wildman–Crippen LogP) is 0.995. The number of nitrogens with one attached hydrogen (secondary N) is 1. The van der Waals surface area contributed by atoms with Crippen LogP contribution in [-0.2, 0) is 0 Å². The van der Waals surface area contributed by atoms with E-state index in [1.807, 2.05) is 4.98 Å². The number of carbonyl (C=O) groups is 1. The van der Waals surface area contributed by atoms with Gasteiger partial charge >= 0.3 is 11.7 Å². The number of hydrogen-bond donors (Lipinski definition) is 2. The summed E-state index contributed by atoms with van der Waals surface area (Å²) in [6.07, 6.45) is 0.978. The van der Waals surface area contributed by atoms with Crippen LogP contribution >= 0.6 is 15.9 Å². The first-order chi connectivity index (χ1) is 9.43. The van der Waals surface area contributed by atoms with Crippen molar-refractivity contribution >= 4 is 21.9 Å². The molecule has 2 rings (SSSR count). The molecule has 2 aromatic rings. The minimum Gasteiger partial charge on any atom is -0.495 e. The van der Waals surface area contributed by atoms with Gasteiger partial charge in [0.25, 0.3) is 5.56 Å². The lowest BCUT2D eigenvalue weighted by Crippen LogP contribution is -2.32. The molecule has 0 saturated heterocycles. The van der Waals surface area contributed by atoms with Crippen molar-refractivity contribution in [2.75, 3.05) is 7.11 Å². The van der Waals surface area contributed by atoms with Gasteiger partial charge in [-0.15, -0.1) is 0 Å². The number of H-pyrrole nitrogens is 1. The minimum absolute atomic E-state index is 0.369. The summed E-state index contributed by atoms with van der Waals surface area (Å²) in [4.78, 5) is 36.0. The molecule has 0 aliphatic rings. The molecule has 0 aliphatic heterocycles. The fourth-order valence-corrected chi connectivity index (χ4v) is 2.02. The summed E-state index contributed by atoms with van der Waals surface area (Å²) in [6, 6.07) is 4.76. The second-order valence-corrected chi connectivity index (χ2v) is 4.65. The molecule has 0 radical (unpaired) electrons. The Kier molecular flexibility index (Phi) is 3.75. The van der Waals surface area contributed by atoms with Gasteiger partial charge in [0.2, 0.25) is 0 Å². The van der Waals surface area contributed by atoms with Gasteiger partial charge in [-0.2, -0.15) is 0 Å². The quantitative estimate of drug-likeness (QED) is 0.867. The van der Waals surface area contributed by atoms with E-state index in [2.05, 4.69) is 15.9 Å². The second kappa shape index (κ2) is 5.33. The van der Waals surface area contributed by atoms with Gasteiger partial charge in [-0.3, -0.25) is 14.3 Å². The highest BCUT2D eigenvalue weighted by Crippen LogP contribution is 2.26. The van der Waals surface area contributed by atoms with Gasteiger partial charge < -0.3 is 9.84 Å². The van der Waals surface area contributed by atoms with Gasteiger partial charge in [-0.05, 0) is 28.1 Å². The zero-order valence-corrected chi connectivity index (χ0v) is 11.8. The maximum absolute atomic E-state index is 11.8. The molecule has 0 bridgehead atoms. The van der Waals surface area contributed by atoms with Crippen molar-refractivity contribution in [2.24, 2.45) is 0 Å². The minimum atomic E-state index is -1.41. The van der Waals surface area contributed by atoms with Crippen LogP contribution in [0, 0.1) is 0 Å². The molecule has 7 nitrogen and oxygen atoms in total. The normalized spacial score (nSPS) is 10.3. The molecule has 8 heteroatoms. The Labute approximate surface area is 120 Å². The number of rotatable bonds is 3. The van der Waals surface area contributed by atoms with Crippen LogP contribution in [-0.4, -0.2) is 27.7 Å². The molecule has 1 aromatic carbocycles. The van der Waals surface area contributed by atoms with Crippen molar-refractivity contribution in [2.45, 2.75) is 0 Å². The molecule has 104 valence electrons. The number of nitrogens with zero attached hydrogens (tertiary/aromatic N) is 1. The molecule has 0 unspecified atom stereocenters. The molecule has 20 heavy (non-hydrogen) atoms. The zero-order valence-electron chi connectivity index (χ0n) is 10.2. The van der Waals surface area contributed by atoms with E-state index in [1.54, 1.807) is 12.1 Å². The number of aromatic carboxylic acids is 1. The van der Waals surface area contributed by atoms with Gasteiger partial charge in [0.15, 0.2) is 0 Å². The molecule has 0 saturated carbocycles. The summed E-state index contributed by atoms with van der Waals surface area (Å²) in [6.45, 7) is 0. The summed E-state index contributed by atoms with van der Waals surface area (Å²) in [5.41, 5.74) is -1.83. The van der Waals surface area contributed by atoms with Gasteiger partial charge in [0.05, 0.1) is 17.3 Å². The van der Waals surface area contributed by atoms with Crippen LogP contribution in [0.15, 0.2) is 38.5 Å². The Morgan fingerprint density at radius 2 is 2.10 bits per heavy atom. The fraction of sp³-hybridized carbons (Fsp3) is 0.0833. The molecule has 1 heterocycles. The summed E-state index contributed by atoms with van der Waals surface area (Å²) >= 11 is 3.27. The van der Waals surface area contributed by atoms with Crippen LogP contribution in [0.25, 0.3) is 5.69 Å². The van der Waals surface area contributed by atoms with E-state index in [0.29, 0.717) is 15.9 Å². The van der Waals surface area contributed by atoms with Crippen LogP contribution in [0.2, 0.25) is 0 Å². The SMILES string of the molecule is COc1cc(-n2cc(C(=O)O)c(=O)[nH]c2=O)ccc1Br. The molecule has 0 spiro atoms. The number of aromatic amines is 1. The molecule has 1 aromatic heterocycles. The summed E-state index contributed by atoms with van der Waals surface area (Å²) in [5.74, 6) is -0.943. The van der Waals surface area contributed by atoms with Crippen molar-refractivity contribution in [3.63, 3.8) is 0 Å². The van der Waals surface area contributed by atoms with E-state index in [-0.39, 0.29) is 0 Å². The molecular weight excluding hydrogens is 332 g/mol. The zero-order chi connectivity index (χ0) is 14.9. The van der Waals surface area contributed by atoms with E-state index in [1.165, 1.54) is 13.2 Å². The third-order valence-corrected chi connectivity index (χ3v) is 3.24. The highest BCUT2D eigenvalue weighted by molar-refractivity contribution is 9.10. The second-order valence-electron chi connectivity index (χ2n) is 3.80. The van der Waals surface area contributed by atoms with Crippen molar-refractivity contribution in [1.82, 2.24) is 9.55 Å². The van der Waals surface area contributed by atoms with Crippen LogP contribution in [0.4, 0.5) is 0 Å². The highest BCUT2D eigenvalue weighted by Gasteiger charge is 2.13. The lowest BCUT2D eigenvalue weighted by molar-refractivity contribution is 0.0694. The van der Waals surface area contributed by atoms with Crippen LogP contribution in [0.5, 0.6) is 5.75 Å². The average Bonchev–Trinajstić information content (AvgIpc) is 2.39. The van der Waals surface area contributed by atoms with Gasteiger partial charge in [-0.25, -0.2) is 9.59 Å². The number of carboxylic acid groups (broad SMARTS) is 1. The standard InChI is InChI=1S/C12H9BrN2O5/c1-20-9-4-6(2-3-8(9)13)15-5-7(11(17)18)10(16)14-12(15)19/h2-5H,1H3,(H,17,18)(H,14,16,19). The molecule has 0 atom stereocenters. The van der Waals surface area contributed by atoms with Gasteiger partial charge in [-0.1, -0.05) is 0 Å². The number of methoxy groups -OCH3 is 1.